The second kappa shape index (κ2) is 7.05. The van der Waals surface area contributed by atoms with Gasteiger partial charge in [-0.25, -0.2) is 4.79 Å². The van der Waals surface area contributed by atoms with E-state index in [1.165, 1.54) is 0 Å². The number of thiophene rings is 1. The fraction of sp³-hybridized carbons (Fsp3) is 0.333. The lowest BCUT2D eigenvalue weighted by atomic mass is 10.0. The minimum Gasteiger partial charge on any atom is -0.344 e. The van der Waals surface area contributed by atoms with Gasteiger partial charge in [-0.1, -0.05) is 26.0 Å². The third-order valence-corrected chi connectivity index (χ3v) is 5.04. The Kier molecular flexibility index (Phi) is 4.85. The van der Waals surface area contributed by atoms with E-state index in [1.54, 1.807) is 28.4 Å². The standard InChI is InChI=1S/C18H21N3O2S/c1-12(2)16(15-7-4-10-24-15)20-17(22)13-5-3-6-14(11-13)21-9-8-19-18(21)23/h3-7,10-12,16H,8-9H2,1-2H3,(H,19,23)(H,20,22)/t16-/m1/s1. The predicted molar refractivity (Wildman–Crippen MR) is 96.6 cm³/mol. The van der Waals surface area contributed by atoms with Crippen molar-refractivity contribution in [2.45, 2.75) is 19.9 Å². The van der Waals surface area contributed by atoms with Crippen molar-refractivity contribution in [2.24, 2.45) is 5.92 Å². The third kappa shape index (κ3) is 3.43. The molecule has 1 aromatic carbocycles. The number of benzene rings is 1. The zero-order chi connectivity index (χ0) is 17.1. The summed E-state index contributed by atoms with van der Waals surface area (Å²) in [6.07, 6.45) is 0. The van der Waals surface area contributed by atoms with Crippen LogP contribution < -0.4 is 15.5 Å². The minimum atomic E-state index is -0.122. The summed E-state index contributed by atoms with van der Waals surface area (Å²) in [5.74, 6) is 0.170. The lowest BCUT2D eigenvalue weighted by molar-refractivity contribution is 0.0926. The van der Waals surface area contributed by atoms with Crippen LogP contribution in [0, 0.1) is 5.92 Å². The Morgan fingerprint density at radius 2 is 2.12 bits per heavy atom. The molecule has 24 heavy (non-hydrogen) atoms. The fourth-order valence-corrected chi connectivity index (χ4v) is 3.74. The number of carbonyl (C=O) groups is 2. The SMILES string of the molecule is CC(C)[C@@H](NC(=O)c1cccc(N2CCNC2=O)c1)c1cccs1. The molecule has 3 amide bonds. The molecule has 2 heterocycles. The molecule has 1 atom stereocenters. The largest absolute Gasteiger partial charge is 0.344 e. The van der Waals surface area contributed by atoms with E-state index in [9.17, 15) is 9.59 Å². The maximum Gasteiger partial charge on any atom is 0.321 e. The van der Waals surface area contributed by atoms with Crippen molar-refractivity contribution in [1.82, 2.24) is 10.6 Å². The minimum absolute atomic E-state index is 0.0174. The summed E-state index contributed by atoms with van der Waals surface area (Å²) in [7, 11) is 0. The Hall–Kier alpha value is -2.34. The van der Waals surface area contributed by atoms with Crippen LogP contribution in [-0.2, 0) is 0 Å². The highest BCUT2D eigenvalue weighted by molar-refractivity contribution is 7.10. The van der Waals surface area contributed by atoms with Crippen molar-refractivity contribution in [2.75, 3.05) is 18.0 Å². The Labute approximate surface area is 145 Å². The van der Waals surface area contributed by atoms with Crippen LogP contribution in [-0.4, -0.2) is 25.0 Å². The predicted octanol–water partition coefficient (Wildman–Crippen LogP) is 3.40. The van der Waals surface area contributed by atoms with Crippen molar-refractivity contribution >= 4 is 29.0 Å². The number of amides is 3. The van der Waals surface area contributed by atoms with E-state index in [0.717, 1.165) is 10.6 Å². The van der Waals surface area contributed by atoms with Gasteiger partial charge in [0, 0.05) is 29.2 Å². The molecule has 0 aliphatic carbocycles. The highest BCUT2D eigenvalue weighted by Gasteiger charge is 2.23. The summed E-state index contributed by atoms with van der Waals surface area (Å²) < 4.78 is 0. The van der Waals surface area contributed by atoms with Crippen LogP contribution in [0.25, 0.3) is 0 Å². The van der Waals surface area contributed by atoms with E-state index in [-0.39, 0.29) is 18.0 Å². The number of nitrogens with zero attached hydrogens (tertiary/aromatic N) is 1. The van der Waals surface area contributed by atoms with Gasteiger partial charge in [-0.05, 0) is 35.6 Å². The van der Waals surface area contributed by atoms with Crippen LogP contribution in [0.2, 0.25) is 0 Å². The molecular formula is C18H21N3O2S. The van der Waals surface area contributed by atoms with Gasteiger partial charge in [0.2, 0.25) is 0 Å². The van der Waals surface area contributed by atoms with Gasteiger partial charge in [-0.2, -0.15) is 0 Å². The molecule has 1 saturated heterocycles. The first-order chi connectivity index (χ1) is 11.6. The van der Waals surface area contributed by atoms with Crippen LogP contribution in [0.5, 0.6) is 0 Å². The summed E-state index contributed by atoms with van der Waals surface area (Å²) >= 11 is 1.64. The van der Waals surface area contributed by atoms with Gasteiger partial charge in [0.15, 0.2) is 0 Å². The molecule has 1 aliphatic heterocycles. The Bertz CT molecular complexity index is 728. The van der Waals surface area contributed by atoms with Gasteiger partial charge in [0.05, 0.1) is 6.04 Å². The number of rotatable bonds is 5. The zero-order valence-electron chi connectivity index (χ0n) is 13.8. The molecule has 0 saturated carbocycles. The molecule has 6 heteroatoms. The topological polar surface area (TPSA) is 61.4 Å². The maximum absolute atomic E-state index is 12.7. The smallest absolute Gasteiger partial charge is 0.321 e. The van der Waals surface area contributed by atoms with E-state index in [0.29, 0.717) is 24.6 Å². The van der Waals surface area contributed by atoms with Gasteiger partial charge in [0.25, 0.3) is 5.91 Å². The van der Waals surface area contributed by atoms with Gasteiger partial charge in [-0.15, -0.1) is 11.3 Å². The molecule has 0 spiro atoms. The van der Waals surface area contributed by atoms with Crippen LogP contribution in [0.15, 0.2) is 41.8 Å². The highest BCUT2D eigenvalue weighted by Crippen LogP contribution is 2.26. The van der Waals surface area contributed by atoms with Crippen LogP contribution in [0.3, 0.4) is 0 Å². The van der Waals surface area contributed by atoms with E-state index < -0.39 is 0 Å². The number of anilines is 1. The van der Waals surface area contributed by atoms with Crippen LogP contribution in [0.4, 0.5) is 10.5 Å². The first-order valence-electron chi connectivity index (χ1n) is 8.06. The first kappa shape index (κ1) is 16.5. The summed E-state index contributed by atoms with van der Waals surface area (Å²) in [5, 5.41) is 7.90. The lowest BCUT2D eigenvalue weighted by Crippen LogP contribution is -2.32. The highest BCUT2D eigenvalue weighted by atomic mass is 32.1. The maximum atomic E-state index is 12.7. The number of hydrogen-bond donors (Lipinski definition) is 2. The summed E-state index contributed by atoms with van der Waals surface area (Å²) in [6.45, 7) is 5.43. The van der Waals surface area contributed by atoms with E-state index in [2.05, 4.69) is 24.5 Å². The molecule has 1 aliphatic rings. The zero-order valence-corrected chi connectivity index (χ0v) is 14.6. The molecule has 1 fully saturated rings. The monoisotopic (exact) mass is 343 g/mol. The van der Waals surface area contributed by atoms with Gasteiger partial charge in [0.1, 0.15) is 0 Å². The first-order valence-corrected chi connectivity index (χ1v) is 8.94. The number of carbonyl (C=O) groups excluding carboxylic acids is 2. The Morgan fingerprint density at radius 1 is 1.29 bits per heavy atom. The van der Waals surface area contributed by atoms with Gasteiger partial charge >= 0.3 is 6.03 Å². The summed E-state index contributed by atoms with van der Waals surface area (Å²) in [5.41, 5.74) is 1.31. The molecular weight excluding hydrogens is 322 g/mol. The van der Waals surface area contributed by atoms with Crippen molar-refractivity contribution in [3.63, 3.8) is 0 Å². The number of urea groups is 1. The van der Waals surface area contributed by atoms with E-state index in [1.807, 2.05) is 29.6 Å². The molecule has 1 aromatic heterocycles. The number of nitrogens with one attached hydrogen (secondary N) is 2. The van der Waals surface area contributed by atoms with Crippen molar-refractivity contribution in [3.8, 4) is 0 Å². The molecule has 126 valence electrons. The quantitative estimate of drug-likeness (QED) is 0.874. The van der Waals surface area contributed by atoms with E-state index in [4.69, 9.17) is 0 Å². The number of hydrogen-bond acceptors (Lipinski definition) is 3. The summed E-state index contributed by atoms with van der Waals surface area (Å²) in [4.78, 5) is 27.3. The van der Waals surface area contributed by atoms with Crippen molar-refractivity contribution in [1.29, 1.82) is 0 Å². The lowest BCUT2D eigenvalue weighted by Gasteiger charge is -2.22. The van der Waals surface area contributed by atoms with E-state index >= 15 is 0 Å². The second-order valence-electron chi connectivity index (χ2n) is 6.14. The van der Waals surface area contributed by atoms with Gasteiger partial charge in [-0.3, -0.25) is 9.69 Å². The van der Waals surface area contributed by atoms with Crippen LogP contribution in [0.1, 0.15) is 35.1 Å². The van der Waals surface area contributed by atoms with Crippen LogP contribution >= 0.6 is 11.3 Å². The van der Waals surface area contributed by atoms with Crippen molar-refractivity contribution in [3.05, 3.63) is 52.2 Å². The molecule has 0 radical (unpaired) electrons. The Balaban J connectivity index is 1.78. The average Bonchev–Trinajstić information content (AvgIpc) is 3.23. The molecule has 2 aromatic rings. The molecule has 0 unspecified atom stereocenters. The molecule has 5 nitrogen and oxygen atoms in total. The Morgan fingerprint density at radius 3 is 2.75 bits per heavy atom. The fourth-order valence-electron chi connectivity index (χ4n) is 2.79. The van der Waals surface area contributed by atoms with Crippen molar-refractivity contribution < 1.29 is 9.59 Å². The molecule has 3 rings (SSSR count). The third-order valence-electron chi connectivity index (χ3n) is 4.08. The summed E-state index contributed by atoms with van der Waals surface area (Å²) in [6, 6.07) is 11.1. The molecule has 2 N–H and O–H groups in total. The second-order valence-corrected chi connectivity index (χ2v) is 7.12. The normalized spacial score (nSPS) is 15.5. The molecule has 0 bridgehead atoms. The average molecular weight is 343 g/mol. The van der Waals surface area contributed by atoms with Gasteiger partial charge < -0.3 is 10.6 Å².